The van der Waals surface area contributed by atoms with E-state index in [-0.39, 0.29) is 5.97 Å². The summed E-state index contributed by atoms with van der Waals surface area (Å²) >= 11 is 0. The average molecular weight is 169 g/mol. The van der Waals surface area contributed by atoms with Crippen molar-refractivity contribution in [2.45, 2.75) is 13.3 Å². The molecule has 1 rings (SSSR count). The van der Waals surface area contributed by atoms with Gasteiger partial charge in [0.1, 0.15) is 18.8 Å². The number of aromatic nitrogens is 2. The summed E-state index contributed by atoms with van der Waals surface area (Å²) in [7, 11) is 1.88. The number of carbonyl (C=O) groups is 1. The summed E-state index contributed by atoms with van der Waals surface area (Å²) in [6.07, 6.45) is 3.94. The van der Waals surface area contributed by atoms with Gasteiger partial charge in [-0.3, -0.25) is 4.79 Å². The van der Waals surface area contributed by atoms with Gasteiger partial charge in [-0.1, -0.05) is 0 Å². The molecule has 1 aromatic rings. The van der Waals surface area contributed by atoms with Crippen LogP contribution in [0.1, 0.15) is 12.7 Å². The van der Waals surface area contributed by atoms with Crippen molar-refractivity contribution >= 4 is 5.97 Å². The minimum Gasteiger partial charge on any atom is -0.466 e. The maximum Gasteiger partial charge on any atom is 0.318 e. The lowest BCUT2D eigenvalue weighted by molar-refractivity contribution is -0.677. The molecule has 0 radical (unpaired) electrons. The van der Waals surface area contributed by atoms with E-state index < -0.39 is 0 Å². The van der Waals surface area contributed by atoms with Crippen LogP contribution in [0, 0.1) is 0 Å². The van der Waals surface area contributed by atoms with Crippen LogP contribution in [-0.2, 0) is 23.0 Å². The van der Waals surface area contributed by atoms with Crippen molar-refractivity contribution in [2.75, 3.05) is 6.61 Å². The normalized spacial score (nSPS) is 9.83. The maximum absolute atomic E-state index is 11.0. The van der Waals surface area contributed by atoms with Gasteiger partial charge in [0, 0.05) is 0 Å². The van der Waals surface area contributed by atoms with Gasteiger partial charge in [-0.2, -0.15) is 0 Å². The molecule has 0 fully saturated rings. The highest BCUT2D eigenvalue weighted by Gasteiger charge is 2.12. The Labute approximate surface area is 71.2 Å². The summed E-state index contributed by atoms with van der Waals surface area (Å²) in [6, 6.07) is 0. The molecule has 4 heteroatoms. The molecule has 0 spiro atoms. The number of imidazole rings is 1. The van der Waals surface area contributed by atoms with Crippen LogP contribution in [-0.4, -0.2) is 17.6 Å². The Morgan fingerprint density at radius 1 is 1.75 bits per heavy atom. The number of aryl methyl sites for hydroxylation is 1. The highest BCUT2D eigenvalue weighted by atomic mass is 16.5. The van der Waals surface area contributed by atoms with E-state index >= 15 is 0 Å². The fraction of sp³-hybridized carbons (Fsp3) is 0.500. The number of nitrogens with one attached hydrogen (secondary N) is 1. The molecule has 0 aliphatic heterocycles. The number of hydrogen-bond donors (Lipinski definition) is 1. The molecule has 0 aromatic carbocycles. The van der Waals surface area contributed by atoms with Crippen LogP contribution in [0.5, 0.6) is 0 Å². The Bertz CT molecular complexity index is 268. The highest BCUT2D eigenvalue weighted by Crippen LogP contribution is 1.90. The first kappa shape index (κ1) is 8.77. The first-order valence-electron chi connectivity index (χ1n) is 3.91. The maximum atomic E-state index is 11.0. The summed E-state index contributed by atoms with van der Waals surface area (Å²) in [5.41, 5.74) is 0. The number of esters is 1. The van der Waals surface area contributed by atoms with Crippen molar-refractivity contribution < 1.29 is 14.1 Å². The van der Waals surface area contributed by atoms with Gasteiger partial charge >= 0.3 is 5.97 Å². The predicted octanol–water partition coefficient (Wildman–Crippen LogP) is -0.0552. The molecule has 0 atom stereocenters. The lowest BCUT2D eigenvalue weighted by Crippen LogP contribution is -2.32. The lowest BCUT2D eigenvalue weighted by atomic mass is 10.4. The molecule has 1 N–H and O–H groups in total. The van der Waals surface area contributed by atoms with Gasteiger partial charge < -0.3 is 4.74 Å². The fourth-order valence-electron chi connectivity index (χ4n) is 0.962. The van der Waals surface area contributed by atoms with Crippen LogP contribution in [0.15, 0.2) is 12.4 Å². The topological polar surface area (TPSA) is 46.0 Å². The first-order chi connectivity index (χ1) is 5.74. The largest absolute Gasteiger partial charge is 0.466 e. The van der Waals surface area contributed by atoms with E-state index in [1.54, 1.807) is 13.1 Å². The van der Waals surface area contributed by atoms with Crippen LogP contribution in [0.25, 0.3) is 0 Å². The minimum absolute atomic E-state index is 0.199. The van der Waals surface area contributed by atoms with E-state index in [1.165, 1.54) is 0 Å². The molecular formula is C8H13N2O2+. The smallest absolute Gasteiger partial charge is 0.318 e. The second-order valence-electron chi connectivity index (χ2n) is 2.50. The second-order valence-corrected chi connectivity index (χ2v) is 2.50. The van der Waals surface area contributed by atoms with Gasteiger partial charge in [0.2, 0.25) is 0 Å². The molecular weight excluding hydrogens is 156 g/mol. The lowest BCUT2D eigenvalue weighted by Gasteiger charge is -1.97. The van der Waals surface area contributed by atoms with Crippen molar-refractivity contribution in [3.63, 3.8) is 0 Å². The third-order valence-electron chi connectivity index (χ3n) is 1.59. The van der Waals surface area contributed by atoms with Crippen molar-refractivity contribution in [1.29, 1.82) is 0 Å². The average Bonchev–Trinajstić information content (AvgIpc) is 2.37. The van der Waals surface area contributed by atoms with Crippen molar-refractivity contribution in [3.05, 3.63) is 18.2 Å². The van der Waals surface area contributed by atoms with E-state index in [9.17, 15) is 4.79 Å². The zero-order valence-electron chi connectivity index (χ0n) is 7.33. The molecule has 0 aliphatic rings. The summed E-state index contributed by atoms with van der Waals surface area (Å²) in [5.74, 6) is 0.656. The van der Waals surface area contributed by atoms with Gasteiger partial charge in [-0.25, -0.2) is 9.55 Å². The van der Waals surface area contributed by atoms with Crippen molar-refractivity contribution in [1.82, 2.24) is 4.98 Å². The van der Waals surface area contributed by atoms with E-state index in [1.807, 2.05) is 17.8 Å². The zero-order valence-corrected chi connectivity index (χ0v) is 7.33. The number of aromatic amines is 1. The Morgan fingerprint density at radius 2 is 2.50 bits per heavy atom. The van der Waals surface area contributed by atoms with Crippen LogP contribution in [0.2, 0.25) is 0 Å². The number of hydrogen-bond acceptors (Lipinski definition) is 2. The van der Waals surface area contributed by atoms with Gasteiger partial charge in [-0.05, 0) is 6.92 Å². The molecule has 12 heavy (non-hydrogen) atoms. The van der Waals surface area contributed by atoms with E-state index in [0.717, 1.165) is 5.82 Å². The number of carbonyl (C=O) groups excluding carboxylic acids is 1. The summed E-state index contributed by atoms with van der Waals surface area (Å²) in [6.45, 7) is 2.23. The van der Waals surface area contributed by atoms with Gasteiger partial charge in [-0.15, -0.1) is 0 Å². The Hall–Kier alpha value is -1.32. The van der Waals surface area contributed by atoms with E-state index in [2.05, 4.69) is 4.98 Å². The molecule has 1 aromatic heterocycles. The highest BCUT2D eigenvalue weighted by molar-refractivity contribution is 5.71. The summed E-state index contributed by atoms with van der Waals surface area (Å²) in [4.78, 5) is 14.0. The molecule has 66 valence electrons. The van der Waals surface area contributed by atoms with Gasteiger partial charge in [0.25, 0.3) is 5.82 Å². The Morgan fingerprint density at radius 3 is 3.00 bits per heavy atom. The standard InChI is InChI=1S/C8H12N2O2/c1-3-12-8(11)6-7-9-4-5-10(7)2/h4-5H,3,6H2,1-2H3/p+1. The van der Waals surface area contributed by atoms with E-state index in [0.29, 0.717) is 13.0 Å². The second kappa shape index (κ2) is 3.90. The molecule has 0 saturated carbocycles. The monoisotopic (exact) mass is 169 g/mol. The van der Waals surface area contributed by atoms with Crippen LogP contribution < -0.4 is 4.57 Å². The predicted molar refractivity (Wildman–Crippen MR) is 42.3 cm³/mol. The third kappa shape index (κ3) is 2.08. The number of nitrogens with zero attached hydrogens (tertiary/aromatic N) is 1. The molecule has 0 saturated heterocycles. The van der Waals surface area contributed by atoms with Crippen molar-refractivity contribution in [3.8, 4) is 0 Å². The Balaban J connectivity index is 2.52. The number of rotatable bonds is 3. The summed E-state index contributed by atoms with van der Waals surface area (Å²) < 4.78 is 6.66. The van der Waals surface area contributed by atoms with Crippen molar-refractivity contribution in [2.24, 2.45) is 7.05 Å². The van der Waals surface area contributed by atoms with Gasteiger partial charge in [0.05, 0.1) is 13.7 Å². The van der Waals surface area contributed by atoms with Crippen LogP contribution >= 0.6 is 0 Å². The third-order valence-corrected chi connectivity index (χ3v) is 1.59. The van der Waals surface area contributed by atoms with Crippen LogP contribution in [0.4, 0.5) is 0 Å². The molecule has 0 aliphatic carbocycles. The van der Waals surface area contributed by atoms with Gasteiger partial charge in [0.15, 0.2) is 0 Å². The van der Waals surface area contributed by atoms with Crippen LogP contribution in [0.3, 0.4) is 0 Å². The molecule has 1 heterocycles. The van der Waals surface area contributed by atoms with E-state index in [4.69, 9.17) is 4.74 Å². The quantitative estimate of drug-likeness (QED) is 0.509. The molecule has 0 amide bonds. The fourth-order valence-corrected chi connectivity index (χ4v) is 0.962. The Kier molecular flexibility index (Phi) is 2.85. The minimum atomic E-state index is -0.199. The SMILES string of the molecule is CCOC(=O)Cc1[nH]cc[n+]1C. The number of H-pyrrole nitrogens is 1. The molecule has 0 unspecified atom stereocenters. The number of ether oxygens (including phenoxy) is 1. The zero-order chi connectivity index (χ0) is 8.97. The first-order valence-corrected chi connectivity index (χ1v) is 3.91. The molecule has 4 nitrogen and oxygen atoms in total. The molecule has 0 bridgehead atoms. The summed E-state index contributed by atoms with van der Waals surface area (Å²) in [5, 5.41) is 0.